The molecule has 0 rings (SSSR count). The molecule has 0 aromatic rings. The highest BCUT2D eigenvalue weighted by Gasteiger charge is 2.23. The Hall–Kier alpha value is -0.210. The van der Waals surface area contributed by atoms with E-state index in [9.17, 15) is 8.42 Å². The summed E-state index contributed by atoms with van der Waals surface area (Å²) in [4.78, 5) is 1.98. The van der Waals surface area contributed by atoms with E-state index in [0.29, 0.717) is 25.4 Å². The summed E-state index contributed by atoms with van der Waals surface area (Å²) >= 11 is 0. The molecule has 7 heteroatoms. The van der Waals surface area contributed by atoms with E-state index in [0.717, 1.165) is 6.42 Å². The van der Waals surface area contributed by atoms with Crippen molar-refractivity contribution in [3.8, 4) is 0 Å². The Bertz CT molecular complexity index is 321. The SMILES string of the molecule is CC(C)CC(CN(C)C)NS(=O)(=O)N(C)CCCO. The maximum absolute atomic E-state index is 12.1. The molecule has 0 saturated carbocycles. The Kier molecular flexibility index (Phi) is 8.76. The van der Waals surface area contributed by atoms with Crippen molar-refractivity contribution >= 4 is 10.2 Å². The van der Waals surface area contributed by atoms with Gasteiger partial charge in [0, 0.05) is 32.8 Å². The quantitative estimate of drug-likeness (QED) is 0.600. The third-order valence-corrected chi connectivity index (χ3v) is 4.33. The van der Waals surface area contributed by atoms with Crippen LogP contribution in [0.4, 0.5) is 0 Å². The zero-order valence-electron chi connectivity index (χ0n) is 12.8. The molecule has 6 nitrogen and oxygen atoms in total. The summed E-state index contributed by atoms with van der Waals surface area (Å²) in [5.41, 5.74) is 0. The maximum atomic E-state index is 12.1. The van der Waals surface area contributed by atoms with Gasteiger partial charge in [0.2, 0.25) is 0 Å². The van der Waals surface area contributed by atoms with Crippen molar-refractivity contribution in [3.63, 3.8) is 0 Å². The zero-order chi connectivity index (χ0) is 15.1. The Morgan fingerprint density at radius 2 is 1.79 bits per heavy atom. The molecular formula is C12H29N3O3S. The van der Waals surface area contributed by atoms with Crippen molar-refractivity contribution in [3.05, 3.63) is 0 Å². The van der Waals surface area contributed by atoms with E-state index in [1.165, 1.54) is 11.4 Å². The molecule has 0 aromatic heterocycles. The highest BCUT2D eigenvalue weighted by molar-refractivity contribution is 7.87. The molecule has 0 aromatic carbocycles. The number of aliphatic hydroxyl groups excluding tert-OH is 1. The van der Waals surface area contributed by atoms with Gasteiger partial charge in [-0.25, -0.2) is 0 Å². The van der Waals surface area contributed by atoms with Crippen LogP contribution in [0.25, 0.3) is 0 Å². The first-order valence-corrected chi connectivity index (χ1v) is 8.12. The highest BCUT2D eigenvalue weighted by Crippen LogP contribution is 2.08. The number of nitrogens with zero attached hydrogens (tertiary/aromatic N) is 2. The molecule has 0 heterocycles. The van der Waals surface area contributed by atoms with Gasteiger partial charge in [-0.3, -0.25) is 0 Å². The molecule has 0 aliphatic rings. The van der Waals surface area contributed by atoms with Crippen molar-refractivity contribution in [2.75, 3.05) is 40.8 Å². The summed E-state index contributed by atoms with van der Waals surface area (Å²) in [6.45, 7) is 5.14. The summed E-state index contributed by atoms with van der Waals surface area (Å²) in [6, 6.07) is -0.100. The molecule has 19 heavy (non-hydrogen) atoms. The minimum Gasteiger partial charge on any atom is -0.396 e. The highest BCUT2D eigenvalue weighted by atomic mass is 32.2. The van der Waals surface area contributed by atoms with E-state index in [1.807, 2.05) is 19.0 Å². The van der Waals surface area contributed by atoms with Gasteiger partial charge in [-0.15, -0.1) is 0 Å². The van der Waals surface area contributed by atoms with E-state index in [1.54, 1.807) is 0 Å². The van der Waals surface area contributed by atoms with Gasteiger partial charge in [-0.2, -0.15) is 17.4 Å². The van der Waals surface area contributed by atoms with Crippen molar-refractivity contribution in [1.29, 1.82) is 0 Å². The van der Waals surface area contributed by atoms with Crippen molar-refractivity contribution in [2.24, 2.45) is 5.92 Å². The number of rotatable bonds is 10. The summed E-state index contributed by atoms with van der Waals surface area (Å²) in [5, 5.41) is 8.75. The smallest absolute Gasteiger partial charge is 0.279 e. The summed E-state index contributed by atoms with van der Waals surface area (Å²) in [5.74, 6) is 0.426. The Morgan fingerprint density at radius 3 is 2.21 bits per heavy atom. The monoisotopic (exact) mass is 295 g/mol. The fourth-order valence-electron chi connectivity index (χ4n) is 1.88. The van der Waals surface area contributed by atoms with Gasteiger partial charge in [-0.05, 0) is 32.9 Å². The second kappa shape index (κ2) is 8.86. The predicted octanol–water partition coefficient (Wildman–Crippen LogP) is 0.111. The van der Waals surface area contributed by atoms with Crippen LogP contribution in [0.1, 0.15) is 26.7 Å². The van der Waals surface area contributed by atoms with Crippen LogP contribution < -0.4 is 4.72 Å². The molecule has 0 bridgehead atoms. The largest absolute Gasteiger partial charge is 0.396 e. The minimum absolute atomic E-state index is 0.00696. The lowest BCUT2D eigenvalue weighted by atomic mass is 10.0. The summed E-state index contributed by atoms with van der Waals surface area (Å²) < 4.78 is 28.2. The van der Waals surface area contributed by atoms with Crippen molar-refractivity contribution in [1.82, 2.24) is 13.9 Å². The normalized spacial score (nSPS) is 14.6. The molecule has 0 amide bonds. The molecule has 0 saturated heterocycles. The van der Waals surface area contributed by atoms with E-state index >= 15 is 0 Å². The summed E-state index contributed by atoms with van der Waals surface area (Å²) in [7, 11) is 1.91. The topological polar surface area (TPSA) is 72.9 Å². The van der Waals surface area contributed by atoms with Crippen LogP contribution >= 0.6 is 0 Å². The molecule has 0 aliphatic heterocycles. The second-order valence-electron chi connectivity index (χ2n) is 5.61. The lowest BCUT2D eigenvalue weighted by Crippen LogP contribution is -2.48. The standard InChI is InChI=1S/C12H29N3O3S/c1-11(2)9-12(10-14(3)4)13-19(17,18)15(5)7-6-8-16/h11-13,16H,6-10H2,1-5H3. The lowest BCUT2D eigenvalue weighted by molar-refractivity contribution is 0.274. The first-order chi connectivity index (χ1) is 8.69. The van der Waals surface area contributed by atoms with Gasteiger partial charge in [0.1, 0.15) is 0 Å². The number of likely N-dealkylation sites (N-methyl/N-ethyl adjacent to an activating group) is 1. The van der Waals surface area contributed by atoms with E-state index < -0.39 is 10.2 Å². The minimum atomic E-state index is -3.48. The first kappa shape index (κ1) is 18.8. The average Bonchev–Trinajstić information content (AvgIpc) is 2.22. The molecule has 0 radical (unpaired) electrons. The van der Waals surface area contributed by atoms with Crippen LogP contribution in [-0.2, 0) is 10.2 Å². The number of nitrogens with one attached hydrogen (secondary N) is 1. The zero-order valence-corrected chi connectivity index (χ0v) is 13.6. The Labute approximate surface area is 118 Å². The van der Waals surface area contributed by atoms with Crippen LogP contribution in [0, 0.1) is 5.92 Å². The fourth-order valence-corrected chi connectivity index (χ4v) is 3.03. The fraction of sp³-hybridized carbons (Fsp3) is 1.00. The second-order valence-corrected chi connectivity index (χ2v) is 7.42. The van der Waals surface area contributed by atoms with Gasteiger partial charge in [0.25, 0.3) is 10.2 Å². The van der Waals surface area contributed by atoms with Crippen LogP contribution in [-0.4, -0.2) is 69.6 Å². The number of hydrogen-bond acceptors (Lipinski definition) is 4. The number of hydrogen-bond donors (Lipinski definition) is 2. The molecule has 0 spiro atoms. The molecule has 0 aliphatic carbocycles. The molecule has 1 atom stereocenters. The van der Waals surface area contributed by atoms with Crippen LogP contribution in [0.15, 0.2) is 0 Å². The van der Waals surface area contributed by atoms with Gasteiger partial charge < -0.3 is 10.0 Å². The maximum Gasteiger partial charge on any atom is 0.279 e. The van der Waals surface area contributed by atoms with Crippen molar-refractivity contribution in [2.45, 2.75) is 32.7 Å². The molecular weight excluding hydrogens is 266 g/mol. The van der Waals surface area contributed by atoms with Gasteiger partial charge in [0.15, 0.2) is 0 Å². The molecule has 2 N–H and O–H groups in total. The molecule has 1 unspecified atom stereocenters. The Morgan fingerprint density at radius 1 is 1.21 bits per heavy atom. The van der Waals surface area contributed by atoms with Gasteiger partial charge in [-0.1, -0.05) is 13.8 Å². The van der Waals surface area contributed by atoms with Crippen LogP contribution in [0.3, 0.4) is 0 Å². The first-order valence-electron chi connectivity index (χ1n) is 6.68. The Balaban J connectivity index is 4.61. The lowest BCUT2D eigenvalue weighted by Gasteiger charge is -2.26. The van der Waals surface area contributed by atoms with E-state index in [4.69, 9.17) is 5.11 Å². The van der Waals surface area contributed by atoms with Gasteiger partial charge in [0.05, 0.1) is 0 Å². The third kappa shape index (κ3) is 8.54. The molecule has 0 fully saturated rings. The summed E-state index contributed by atoms with van der Waals surface area (Å²) in [6.07, 6.45) is 1.24. The van der Waals surface area contributed by atoms with E-state index in [2.05, 4.69) is 18.6 Å². The average molecular weight is 295 g/mol. The number of aliphatic hydroxyl groups is 1. The van der Waals surface area contributed by atoms with Crippen LogP contribution in [0.5, 0.6) is 0 Å². The van der Waals surface area contributed by atoms with Crippen molar-refractivity contribution < 1.29 is 13.5 Å². The van der Waals surface area contributed by atoms with Gasteiger partial charge >= 0.3 is 0 Å². The predicted molar refractivity (Wildman–Crippen MR) is 78.2 cm³/mol. The van der Waals surface area contributed by atoms with E-state index in [-0.39, 0.29) is 12.6 Å². The third-order valence-electron chi connectivity index (χ3n) is 2.70. The van der Waals surface area contributed by atoms with Crippen LogP contribution in [0.2, 0.25) is 0 Å². The molecule has 116 valence electrons.